The van der Waals surface area contributed by atoms with Gasteiger partial charge in [0, 0.05) is 29.1 Å². The smallest absolute Gasteiger partial charge is 0.348 e. The van der Waals surface area contributed by atoms with E-state index in [4.69, 9.17) is 9.47 Å². The van der Waals surface area contributed by atoms with Crippen LogP contribution in [0.2, 0.25) is 0 Å². The Labute approximate surface area is 162 Å². The van der Waals surface area contributed by atoms with Gasteiger partial charge in [-0.2, -0.15) is 0 Å². The summed E-state index contributed by atoms with van der Waals surface area (Å²) in [5.41, 5.74) is 1.98. The molecule has 142 valence electrons. The molecular formula is C21H23NO4S. The molecule has 1 aromatic carbocycles. The van der Waals surface area contributed by atoms with Crippen LogP contribution in [-0.2, 0) is 16.1 Å². The molecule has 2 aliphatic rings. The number of thiophene rings is 1. The summed E-state index contributed by atoms with van der Waals surface area (Å²) in [5.74, 6) is 1.24. The number of ether oxygens (including phenoxy) is 2. The number of piperidine rings is 1. The molecule has 1 saturated heterocycles. The van der Waals surface area contributed by atoms with E-state index in [1.165, 1.54) is 11.3 Å². The van der Waals surface area contributed by atoms with Gasteiger partial charge in [-0.05, 0) is 36.5 Å². The number of rotatable bonds is 3. The van der Waals surface area contributed by atoms with Gasteiger partial charge >= 0.3 is 5.97 Å². The number of benzene rings is 1. The summed E-state index contributed by atoms with van der Waals surface area (Å²) in [7, 11) is 0. The number of amides is 1. The monoisotopic (exact) mass is 385 g/mol. The Morgan fingerprint density at radius 1 is 1.22 bits per heavy atom. The summed E-state index contributed by atoms with van der Waals surface area (Å²) in [6, 6.07) is 9.61. The lowest BCUT2D eigenvalue weighted by atomic mass is 9.92. The van der Waals surface area contributed by atoms with Crippen molar-refractivity contribution in [3.63, 3.8) is 0 Å². The Hall–Kier alpha value is -2.34. The number of esters is 1. The number of fused-ring (bicyclic) bond motifs is 3. The third kappa shape index (κ3) is 3.72. The zero-order valence-corrected chi connectivity index (χ0v) is 16.4. The predicted molar refractivity (Wildman–Crippen MR) is 104 cm³/mol. The average Bonchev–Trinajstić information content (AvgIpc) is 3.10. The Kier molecular flexibility index (Phi) is 4.91. The van der Waals surface area contributed by atoms with E-state index in [9.17, 15) is 9.59 Å². The summed E-state index contributed by atoms with van der Waals surface area (Å²) in [6.07, 6.45) is 1.13. The van der Waals surface area contributed by atoms with E-state index >= 15 is 0 Å². The molecule has 1 amide bonds. The van der Waals surface area contributed by atoms with Crippen LogP contribution in [0.3, 0.4) is 0 Å². The zero-order chi connectivity index (χ0) is 19.0. The fraction of sp³-hybridized carbons (Fsp3) is 0.429. The molecule has 0 radical (unpaired) electrons. The lowest BCUT2D eigenvalue weighted by Crippen LogP contribution is -2.44. The third-order valence-electron chi connectivity index (χ3n) is 5.07. The topological polar surface area (TPSA) is 55.8 Å². The first kappa shape index (κ1) is 18.0. The standard InChI is InChI=1S/C21H23NO4S/c1-13-7-14(2)10-22(9-13)19(23)12-26-21(24)18-8-15-11-25-17-6-4-3-5-16(17)20(15)27-18/h3-6,8,13-14H,7,9-12H2,1-2H3/t13-,14+. The molecule has 0 N–H and O–H groups in total. The Morgan fingerprint density at radius 2 is 1.96 bits per heavy atom. The van der Waals surface area contributed by atoms with Crippen LogP contribution in [0.5, 0.6) is 5.75 Å². The van der Waals surface area contributed by atoms with E-state index in [-0.39, 0.29) is 12.5 Å². The highest BCUT2D eigenvalue weighted by Crippen LogP contribution is 2.42. The number of likely N-dealkylation sites (tertiary alicyclic amines) is 1. The van der Waals surface area contributed by atoms with Gasteiger partial charge in [0.1, 0.15) is 17.2 Å². The van der Waals surface area contributed by atoms with Gasteiger partial charge in [-0.3, -0.25) is 4.79 Å². The van der Waals surface area contributed by atoms with E-state index < -0.39 is 5.97 Å². The quantitative estimate of drug-likeness (QED) is 0.750. The minimum Gasteiger partial charge on any atom is -0.488 e. The molecule has 3 heterocycles. The van der Waals surface area contributed by atoms with Crippen LogP contribution in [0.1, 0.15) is 35.5 Å². The fourth-order valence-corrected chi connectivity index (χ4v) is 5.05. The molecule has 2 aliphatic heterocycles. The molecule has 0 spiro atoms. The molecule has 0 bridgehead atoms. The van der Waals surface area contributed by atoms with Crippen LogP contribution < -0.4 is 4.74 Å². The maximum Gasteiger partial charge on any atom is 0.348 e. The van der Waals surface area contributed by atoms with E-state index in [0.717, 1.165) is 41.3 Å². The van der Waals surface area contributed by atoms with Gasteiger partial charge in [0.2, 0.25) is 0 Å². The second kappa shape index (κ2) is 7.35. The highest BCUT2D eigenvalue weighted by atomic mass is 32.1. The highest BCUT2D eigenvalue weighted by molar-refractivity contribution is 7.17. The minimum absolute atomic E-state index is 0.114. The van der Waals surface area contributed by atoms with Gasteiger partial charge in [-0.15, -0.1) is 11.3 Å². The Balaban J connectivity index is 1.41. The third-order valence-corrected chi connectivity index (χ3v) is 6.26. The second-order valence-electron chi connectivity index (χ2n) is 7.57. The number of para-hydroxylation sites is 1. The largest absolute Gasteiger partial charge is 0.488 e. The molecule has 2 aromatic rings. The number of carbonyl (C=O) groups excluding carboxylic acids is 2. The van der Waals surface area contributed by atoms with Crippen LogP contribution in [0.4, 0.5) is 0 Å². The van der Waals surface area contributed by atoms with E-state index in [1.807, 2.05) is 35.2 Å². The van der Waals surface area contributed by atoms with Crippen molar-refractivity contribution >= 4 is 23.2 Å². The van der Waals surface area contributed by atoms with Crippen molar-refractivity contribution in [2.24, 2.45) is 11.8 Å². The molecule has 0 unspecified atom stereocenters. The SMILES string of the molecule is C[C@@H]1C[C@H](C)CN(C(=O)COC(=O)c2cc3c(s2)-c2ccccc2OC3)C1. The molecule has 6 heteroatoms. The first-order valence-corrected chi connectivity index (χ1v) is 10.1. The molecule has 4 rings (SSSR count). The second-order valence-corrected chi connectivity index (χ2v) is 8.62. The minimum atomic E-state index is -0.446. The van der Waals surface area contributed by atoms with Crippen molar-refractivity contribution in [2.45, 2.75) is 26.9 Å². The lowest BCUT2D eigenvalue weighted by Gasteiger charge is -2.34. The molecule has 2 atom stereocenters. The van der Waals surface area contributed by atoms with E-state index in [1.54, 1.807) is 0 Å². The van der Waals surface area contributed by atoms with Crippen molar-refractivity contribution in [1.82, 2.24) is 4.90 Å². The van der Waals surface area contributed by atoms with E-state index in [0.29, 0.717) is 23.3 Å². The number of hydrogen-bond donors (Lipinski definition) is 0. The summed E-state index contributed by atoms with van der Waals surface area (Å²) >= 11 is 1.39. The maximum atomic E-state index is 12.5. The van der Waals surface area contributed by atoms with Crippen molar-refractivity contribution < 1.29 is 19.1 Å². The normalized spacial score (nSPS) is 21.0. The number of carbonyl (C=O) groups is 2. The molecule has 1 fully saturated rings. The van der Waals surface area contributed by atoms with Crippen LogP contribution in [-0.4, -0.2) is 36.5 Å². The molecule has 5 nitrogen and oxygen atoms in total. The molecular weight excluding hydrogens is 362 g/mol. The van der Waals surface area contributed by atoms with Gasteiger partial charge in [-0.25, -0.2) is 4.79 Å². The van der Waals surface area contributed by atoms with Gasteiger partial charge in [-0.1, -0.05) is 26.0 Å². The van der Waals surface area contributed by atoms with Gasteiger partial charge in [0.25, 0.3) is 5.91 Å². The summed E-state index contributed by atoms with van der Waals surface area (Å²) in [6.45, 7) is 6.02. The molecule has 1 aromatic heterocycles. The average molecular weight is 385 g/mol. The molecule has 27 heavy (non-hydrogen) atoms. The molecule has 0 saturated carbocycles. The van der Waals surface area contributed by atoms with Crippen molar-refractivity contribution in [2.75, 3.05) is 19.7 Å². The first-order chi connectivity index (χ1) is 13.0. The van der Waals surface area contributed by atoms with Crippen molar-refractivity contribution in [3.05, 3.63) is 40.8 Å². The molecule has 0 aliphatic carbocycles. The van der Waals surface area contributed by atoms with E-state index in [2.05, 4.69) is 13.8 Å². The van der Waals surface area contributed by atoms with Crippen LogP contribution in [0.15, 0.2) is 30.3 Å². The summed E-state index contributed by atoms with van der Waals surface area (Å²) in [5, 5.41) is 0. The van der Waals surface area contributed by atoms with Crippen molar-refractivity contribution in [3.8, 4) is 16.2 Å². The lowest BCUT2D eigenvalue weighted by molar-refractivity contribution is -0.137. The van der Waals surface area contributed by atoms with Gasteiger partial charge < -0.3 is 14.4 Å². The zero-order valence-electron chi connectivity index (χ0n) is 15.6. The Morgan fingerprint density at radius 3 is 2.74 bits per heavy atom. The number of hydrogen-bond acceptors (Lipinski definition) is 5. The Bertz CT molecular complexity index is 865. The summed E-state index contributed by atoms with van der Waals surface area (Å²) in [4.78, 5) is 28.2. The number of nitrogens with zero attached hydrogens (tertiary/aromatic N) is 1. The van der Waals surface area contributed by atoms with Gasteiger partial charge in [0.05, 0.1) is 0 Å². The van der Waals surface area contributed by atoms with Crippen LogP contribution in [0.25, 0.3) is 10.4 Å². The van der Waals surface area contributed by atoms with Gasteiger partial charge in [0.15, 0.2) is 6.61 Å². The maximum absolute atomic E-state index is 12.5. The van der Waals surface area contributed by atoms with Crippen LogP contribution >= 0.6 is 11.3 Å². The highest BCUT2D eigenvalue weighted by Gasteiger charge is 2.27. The fourth-order valence-electron chi connectivity index (χ4n) is 3.96. The summed E-state index contributed by atoms with van der Waals surface area (Å²) < 4.78 is 11.1. The first-order valence-electron chi connectivity index (χ1n) is 9.31. The van der Waals surface area contributed by atoms with Crippen LogP contribution in [0, 0.1) is 11.8 Å². The van der Waals surface area contributed by atoms with Crippen molar-refractivity contribution in [1.29, 1.82) is 0 Å². The predicted octanol–water partition coefficient (Wildman–Crippen LogP) is 3.97.